The maximum atomic E-state index is 2.25. The Morgan fingerprint density at radius 2 is 1.00 bits per heavy atom. The highest BCUT2D eigenvalue weighted by Crippen LogP contribution is 2.00. The van der Waals surface area contributed by atoms with E-state index in [0.29, 0.717) is 0 Å². The lowest BCUT2D eigenvalue weighted by Gasteiger charge is -1.95. The molecule has 0 aliphatic heterocycles. The second kappa shape index (κ2) is 22.7. The molecular formula is C13H32. The third-order valence-electron chi connectivity index (χ3n) is 1.37. The van der Waals surface area contributed by atoms with E-state index in [1.54, 1.807) is 0 Å². The van der Waals surface area contributed by atoms with Crippen molar-refractivity contribution in [2.75, 3.05) is 0 Å². The van der Waals surface area contributed by atoms with Gasteiger partial charge in [-0.3, -0.25) is 0 Å². The van der Waals surface area contributed by atoms with Gasteiger partial charge in [-0.05, 0) is 5.92 Å². The van der Waals surface area contributed by atoms with Gasteiger partial charge in [0.2, 0.25) is 0 Å². The molecule has 0 aliphatic rings. The maximum absolute atomic E-state index is 2.25. The number of hydrogen-bond acceptors (Lipinski definition) is 0. The van der Waals surface area contributed by atoms with E-state index in [1.807, 2.05) is 0 Å². The van der Waals surface area contributed by atoms with Crippen LogP contribution in [0.2, 0.25) is 0 Å². The van der Waals surface area contributed by atoms with Gasteiger partial charge in [0.15, 0.2) is 0 Å². The predicted octanol–water partition coefficient (Wildman–Crippen LogP) is 5.67. The van der Waals surface area contributed by atoms with E-state index in [1.165, 1.54) is 32.1 Å². The summed E-state index contributed by atoms with van der Waals surface area (Å²) in [6.45, 7) is 15.3. The van der Waals surface area contributed by atoms with Crippen molar-refractivity contribution < 1.29 is 0 Å². The van der Waals surface area contributed by atoms with Gasteiger partial charge < -0.3 is 0 Å². The summed E-state index contributed by atoms with van der Waals surface area (Å²) >= 11 is 0. The van der Waals surface area contributed by atoms with Crippen molar-refractivity contribution >= 4 is 0 Å². The summed E-state index contributed by atoms with van der Waals surface area (Å²) in [4.78, 5) is 0. The van der Waals surface area contributed by atoms with Crippen LogP contribution in [0.4, 0.5) is 0 Å². The minimum Gasteiger partial charge on any atom is -0.0656 e. The Labute approximate surface area is 87.1 Å². The SMILES string of the molecule is CCC.CCCC.CCCC(C)C. The normalized spacial score (nSPS) is 8.31. The van der Waals surface area contributed by atoms with Gasteiger partial charge in [-0.1, -0.05) is 80.6 Å². The zero-order valence-electron chi connectivity index (χ0n) is 11.1. The van der Waals surface area contributed by atoms with E-state index in [4.69, 9.17) is 0 Å². The van der Waals surface area contributed by atoms with Crippen LogP contribution in [-0.4, -0.2) is 0 Å². The molecule has 0 aromatic carbocycles. The van der Waals surface area contributed by atoms with E-state index in [9.17, 15) is 0 Å². The van der Waals surface area contributed by atoms with Gasteiger partial charge in [-0.25, -0.2) is 0 Å². The molecule has 0 aromatic rings. The second-order valence-corrected chi connectivity index (χ2v) is 3.89. The fourth-order valence-electron chi connectivity index (χ4n) is 0.577. The highest BCUT2D eigenvalue weighted by atomic mass is 13.9. The molecule has 0 rings (SSSR count). The van der Waals surface area contributed by atoms with E-state index < -0.39 is 0 Å². The molecular weight excluding hydrogens is 156 g/mol. The summed E-state index contributed by atoms with van der Waals surface area (Å²) in [5.74, 6) is 0.898. The first-order valence-electron chi connectivity index (χ1n) is 6.10. The van der Waals surface area contributed by atoms with E-state index in [-0.39, 0.29) is 0 Å². The van der Waals surface area contributed by atoms with Gasteiger partial charge in [0.1, 0.15) is 0 Å². The van der Waals surface area contributed by atoms with Crippen LogP contribution in [-0.2, 0) is 0 Å². The van der Waals surface area contributed by atoms with Crippen LogP contribution in [0.5, 0.6) is 0 Å². The molecule has 0 spiro atoms. The summed E-state index contributed by atoms with van der Waals surface area (Å²) < 4.78 is 0. The molecule has 0 atom stereocenters. The lowest BCUT2D eigenvalue weighted by atomic mass is 10.1. The Morgan fingerprint density at radius 1 is 0.692 bits per heavy atom. The van der Waals surface area contributed by atoms with Crippen LogP contribution in [0.25, 0.3) is 0 Å². The first-order valence-corrected chi connectivity index (χ1v) is 6.10. The van der Waals surface area contributed by atoms with E-state index in [2.05, 4.69) is 48.5 Å². The van der Waals surface area contributed by atoms with E-state index in [0.717, 1.165) is 5.92 Å². The summed E-state index contributed by atoms with van der Waals surface area (Å²) in [6.07, 6.45) is 6.59. The van der Waals surface area contributed by atoms with Crippen molar-refractivity contribution in [2.24, 2.45) is 5.92 Å². The molecule has 0 amide bonds. The molecule has 0 aromatic heterocycles. The first-order chi connectivity index (χ1) is 6.10. The number of hydrogen-bond donors (Lipinski definition) is 0. The predicted molar refractivity (Wildman–Crippen MR) is 66.3 cm³/mol. The molecule has 0 fully saturated rings. The monoisotopic (exact) mass is 188 g/mol. The fourth-order valence-corrected chi connectivity index (χ4v) is 0.577. The molecule has 0 aliphatic carbocycles. The van der Waals surface area contributed by atoms with Crippen molar-refractivity contribution in [3.63, 3.8) is 0 Å². The Kier molecular flexibility index (Phi) is 32.7. The van der Waals surface area contributed by atoms with Crippen LogP contribution >= 0.6 is 0 Å². The summed E-state index contributed by atoms with van der Waals surface area (Å²) in [6, 6.07) is 0. The van der Waals surface area contributed by atoms with Gasteiger partial charge >= 0.3 is 0 Å². The summed E-state index contributed by atoms with van der Waals surface area (Å²) in [5.41, 5.74) is 0. The molecule has 13 heavy (non-hydrogen) atoms. The Hall–Kier alpha value is 0. The zero-order valence-corrected chi connectivity index (χ0v) is 11.1. The molecule has 0 saturated carbocycles. The van der Waals surface area contributed by atoms with Crippen LogP contribution in [0.3, 0.4) is 0 Å². The summed E-state index contributed by atoms with van der Waals surface area (Å²) in [7, 11) is 0. The molecule has 0 heteroatoms. The molecule has 0 heterocycles. The third kappa shape index (κ3) is 75.0. The van der Waals surface area contributed by atoms with Crippen LogP contribution in [0.15, 0.2) is 0 Å². The van der Waals surface area contributed by atoms with Crippen LogP contribution < -0.4 is 0 Å². The first kappa shape index (κ1) is 18.7. The van der Waals surface area contributed by atoms with Gasteiger partial charge in [-0.15, -0.1) is 0 Å². The quantitative estimate of drug-likeness (QED) is 0.535. The number of rotatable bonds is 3. The molecule has 0 N–H and O–H groups in total. The van der Waals surface area contributed by atoms with Crippen molar-refractivity contribution in [1.82, 2.24) is 0 Å². The minimum atomic E-state index is 0.898. The van der Waals surface area contributed by atoms with Crippen LogP contribution in [0.1, 0.15) is 80.6 Å². The lowest BCUT2D eigenvalue weighted by molar-refractivity contribution is 0.576. The average Bonchev–Trinajstić information content (AvgIpc) is 2.06. The summed E-state index contributed by atoms with van der Waals surface area (Å²) in [5, 5.41) is 0. The highest BCUT2D eigenvalue weighted by molar-refractivity contribution is 4.38. The standard InChI is InChI=1S/C6H14.C4H10.C3H8/c1-4-5-6(2)3;1-3-4-2;1-3-2/h6H,4-5H2,1-3H3;3-4H2,1-2H3;3H2,1-2H3. The van der Waals surface area contributed by atoms with E-state index >= 15 is 0 Å². The third-order valence-corrected chi connectivity index (χ3v) is 1.37. The van der Waals surface area contributed by atoms with Gasteiger partial charge in [0.25, 0.3) is 0 Å². The Balaban J connectivity index is -0.000000125. The molecule has 84 valence electrons. The van der Waals surface area contributed by atoms with Gasteiger partial charge in [0, 0.05) is 0 Å². The lowest BCUT2D eigenvalue weighted by Crippen LogP contribution is -1.81. The fraction of sp³-hybridized carbons (Fsp3) is 1.00. The van der Waals surface area contributed by atoms with Crippen molar-refractivity contribution in [1.29, 1.82) is 0 Å². The largest absolute Gasteiger partial charge is 0.0656 e. The molecule has 0 radical (unpaired) electrons. The second-order valence-electron chi connectivity index (χ2n) is 3.89. The van der Waals surface area contributed by atoms with Crippen molar-refractivity contribution in [3.8, 4) is 0 Å². The van der Waals surface area contributed by atoms with Crippen LogP contribution in [0, 0.1) is 5.92 Å². The molecule has 0 unspecified atom stereocenters. The average molecular weight is 188 g/mol. The Morgan fingerprint density at radius 3 is 1.00 bits per heavy atom. The molecule has 0 nitrogen and oxygen atoms in total. The number of unbranched alkanes of at least 4 members (excludes halogenated alkanes) is 1. The molecule has 0 saturated heterocycles. The highest BCUT2D eigenvalue weighted by Gasteiger charge is 1.85. The van der Waals surface area contributed by atoms with Crippen molar-refractivity contribution in [3.05, 3.63) is 0 Å². The van der Waals surface area contributed by atoms with Gasteiger partial charge in [0.05, 0.1) is 0 Å². The molecule has 0 bridgehead atoms. The topological polar surface area (TPSA) is 0 Å². The minimum absolute atomic E-state index is 0.898. The smallest absolute Gasteiger partial charge is 0.0471 e. The van der Waals surface area contributed by atoms with Gasteiger partial charge in [-0.2, -0.15) is 0 Å². The maximum Gasteiger partial charge on any atom is -0.0471 e. The zero-order chi connectivity index (χ0) is 11.1. The Bertz CT molecular complexity index is 44.0. The van der Waals surface area contributed by atoms with Crippen molar-refractivity contribution in [2.45, 2.75) is 80.6 Å².